The van der Waals surface area contributed by atoms with Crippen LogP contribution in [0.2, 0.25) is 0 Å². The van der Waals surface area contributed by atoms with Gasteiger partial charge in [0.05, 0.1) is 13.1 Å². The Labute approximate surface area is 157 Å². The molecule has 0 atom stereocenters. The highest BCUT2D eigenvalue weighted by Crippen LogP contribution is 2.28. The zero-order valence-electron chi connectivity index (χ0n) is 15.4. The van der Waals surface area contributed by atoms with Crippen molar-refractivity contribution in [2.45, 2.75) is 39.8 Å². The SMILES string of the molecule is Cc1ccc(-c2nc(C(=O)N3CC(OC(=O)NC(C)C)C3)cs2)c(C)c1. The number of carbonyl (C=O) groups is 2. The summed E-state index contributed by atoms with van der Waals surface area (Å²) in [5.41, 5.74) is 3.84. The maximum atomic E-state index is 12.5. The lowest BCUT2D eigenvalue weighted by Gasteiger charge is -2.37. The van der Waals surface area contributed by atoms with Gasteiger partial charge in [-0.2, -0.15) is 0 Å². The number of alkyl carbamates (subject to hydrolysis) is 1. The van der Waals surface area contributed by atoms with E-state index in [-0.39, 0.29) is 18.1 Å². The quantitative estimate of drug-likeness (QED) is 0.892. The summed E-state index contributed by atoms with van der Waals surface area (Å²) >= 11 is 1.47. The van der Waals surface area contributed by atoms with Crippen LogP contribution in [0.25, 0.3) is 10.6 Å². The van der Waals surface area contributed by atoms with Crippen molar-refractivity contribution < 1.29 is 14.3 Å². The fourth-order valence-corrected chi connectivity index (χ4v) is 3.69. The number of ether oxygens (including phenoxy) is 1. The van der Waals surface area contributed by atoms with Gasteiger partial charge in [0.15, 0.2) is 0 Å². The standard InChI is InChI=1S/C19H23N3O3S/c1-11(2)20-19(24)25-14-8-22(9-14)18(23)16-10-26-17(21-16)15-6-5-12(3)7-13(15)4/h5-7,10-11,14H,8-9H2,1-4H3,(H,20,24). The molecule has 138 valence electrons. The van der Waals surface area contributed by atoms with Crippen LogP contribution >= 0.6 is 11.3 Å². The summed E-state index contributed by atoms with van der Waals surface area (Å²) in [5, 5.41) is 5.30. The zero-order chi connectivity index (χ0) is 18.8. The van der Waals surface area contributed by atoms with Crippen molar-refractivity contribution in [2.75, 3.05) is 13.1 Å². The van der Waals surface area contributed by atoms with Crippen molar-refractivity contribution in [1.82, 2.24) is 15.2 Å². The highest BCUT2D eigenvalue weighted by atomic mass is 32.1. The summed E-state index contributed by atoms with van der Waals surface area (Å²) in [6, 6.07) is 6.22. The smallest absolute Gasteiger partial charge is 0.407 e. The number of thiazole rings is 1. The minimum absolute atomic E-state index is 0.0268. The average Bonchev–Trinajstić information content (AvgIpc) is 2.98. The van der Waals surface area contributed by atoms with Crippen molar-refractivity contribution in [2.24, 2.45) is 0 Å². The van der Waals surface area contributed by atoms with Gasteiger partial charge in [-0.05, 0) is 33.3 Å². The van der Waals surface area contributed by atoms with E-state index in [4.69, 9.17) is 4.74 Å². The predicted octanol–water partition coefficient (Wildman–Crippen LogP) is 3.39. The first-order chi connectivity index (χ1) is 12.3. The van der Waals surface area contributed by atoms with Crippen LogP contribution in [0.4, 0.5) is 4.79 Å². The minimum atomic E-state index is -0.442. The Bertz CT molecular complexity index is 825. The van der Waals surface area contributed by atoms with Gasteiger partial charge in [0.1, 0.15) is 16.8 Å². The number of hydrogen-bond acceptors (Lipinski definition) is 5. The Hall–Kier alpha value is -2.41. The molecular weight excluding hydrogens is 350 g/mol. The Morgan fingerprint density at radius 1 is 1.31 bits per heavy atom. The third kappa shape index (κ3) is 4.04. The molecule has 0 bridgehead atoms. The Morgan fingerprint density at radius 2 is 2.04 bits per heavy atom. The molecule has 0 radical (unpaired) electrons. The third-order valence-electron chi connectivity index (χ3n) is 4.15. The molecule has 0 aliphatic carbocycles. The van der Waals surface area contributed by atoms with Gasteiger partial charge >= 0.3 is 6.09 Å². The predicted molar refractivity (Wildman–Crippen MR) is 101 cm³/mol. The first-order valence-electron chi connectivity index (χ1n) is 8.63. The molecule has 7 heteroatoms. The summed E-state index contributed by atoms with van der Waals surface area (Å²) in [4.78, 5) is 30.3. The molecule has 1 saturated heterocycles. The van der Waals surface area contributed by atoms with Crippen molar-refractivity contribution in [1.29, 1.82) is 0 Å². The molecule has 1 N–H and O–H groups in total. The lowest BCUT2D eigenvalue weighted by atomic mass is 10.1. The molecule has 0 unspecified atom stereocenters. The van der Waals surface area contributed by atoms with E-state index in [1.165, 1.54) is 16.9 Å². The molecule has 2 amide bonds. The number of aryl methyl sites for hydroxylation is 2. The molecule has 3 rings (SSSR count). The maximum Gasteiger partial charge on any atom is 0.407 e. The normalized spacial score (nSPS) is 14.3. The van der Waals surface area contributed by atoms with Crippen LogP contribution in [0.3, 0.4) is 0 Å². The van der Waals surface area contributed by atoms with Crippen molar-refractivity contribution in [3.05, 3.63) is 40.4 Å². The van der Waals surface area contributed by atoms with Gasteiger partial charge in [-0.15, -0.1) is 11.3 Å². The van der Waals surface area contributed by atoms with E-state index in [9.17, 15) is 9.59 Å². The topological polar surface area (TPSA) is 71.5 Å². The number of amides is 2. The van der Waals surface area contributed by atoms with E-state index in [0.29, 0.717) is 18.8 Å². The van der Waals surface area contributed by atoms with Crippen LogP contribution in [0.15, 0.2) is 23.6 Å². The first-order valence-corrected chi connectivity index (χ1v) is 9.51. The lowest BCUT2D eigenvalue weighted by molar-refractivity contribution is -0.00725. The van der Waals surface area contributed by atoms with Crippen LogP contribution in [0.5, 0.6) is 0 Å². The van der Waals surface area contributed by atoms with Crippen LogP contribution in [-0.4, -0.2) is 47.1 Å². The molecule has 26 heavy (non-hydrogen) atoms. The summed E-state index contributed by atoms with van der Waals surface area (Å²) in [6.45, 7) is 8.64. The van der Waals surface area contributed by atoms with Gasteiger partial charge in [-0.25, -0.2) is 9.78 Å². The number of benzene rings is 1. The van der Waals surface area contributed by atoms with E-state index in [0.717, 1.165) is 16.1 Å². The van der Waals surface area contributed by atoms with Gasteiger partial charge < -0.3 is 15.0 Å². The number of aromatic nitrogens is 1. The molecule has 2 aromatic rings. The second kappa shape index (κ2) is 7.45. The molecule has 0 saturated carbocycles. The zero-order valence-corrected chi connectivity index (χ0v) is 16.2. The molecule has 2 heterocycles. The molecule has 1 aliphatic rings. The number of rotatable bonds is 4. The number of nitrogens with zero attached hydrogens (tertiary/aromatic N) is 2. The fourth-order valence-electron chi connectivity index (χ4n) is 2.81. The summed E-state index contributed by atoms with van der Waals surface area (Å²) in [5.74, 6) is -0.124. The van der Waals surface area contributed by atoms with Crippen LogP contribution in [-0.2, 0) is 4.74 Å². The van der Waals surface area contributed by atoms with E-state index in [2.05, 4.69) is 23.3 Å². The molecule has 1 fully saturated rings. The molecule has 1 aliphatic heterocycles. The van der Waals surface area contributed by atoms with Crippen molar-refractivity contribution in [3.63, 3.8) is 0 Å². The first kappa shape index (κ1) is 18.4. The van der Waals surface area contributed by atoms with Crippen molar-refractivity contribution >= 4 is 23.3 Å². The van der Waals surface area contributed by atoms with E-state index in [1.807, 2.05) is 32.9 Å². The Morgan fingerprint density at radius 3 is 2.69 bits per heavy atom. The van der Waals surface area contributed by atoms with Gasteiger partial charge in [0, 0.05) is 17.0 Å². The largest absolute Gasteiger partial charge is 0.442 e. The molecular formula is C19H23N3O3S. The monoisotopic (exact) mass is 373 g/mol. The average molecular weight is 373 g/mol. The minimum Gasteiger partial charge on any atom is -0.442 e. The van der Waals surface area contributed by atoms with Gasteiger partial charge in [0.2, 0.25) is 0 Å². The molecule has 6 nitrogen and oxygen atoms in total. The maximum absolute atomic E-state index is 12.5. The summed E-state index contributed by atoms with van der Waals surface area (Å²) < 4.78 is 5.25. The van der Waals surface area contributed by atoms with Crippen LogP contribution in [0, 0.1) is 13.8 Å². The number of likely N-dealkylation sites (tertiary alicyclic amines) is 1. The highest BCUT2D eigenvalue weighted by molar-refractivity contribution is 7.13. The molecule has 1 aromatic carbocycles. The molecule has 1 aromatic heterocycles. The Kier molecular flexibility index (Phi) is 5.27. The second-order valence-electron chi connectivity index (χ2n) is 6.89. The van der Waals surface area contributed by atoms with E-state index >= 15 is 0 Å². The van der Waals surface area contributed by atoms with Crippen LogP contribution < -0.4 is 5.32 Å². The van der Waals surface area contributed by atoms with Gasteiger partial charge in [0.25, 0.3) is 5.91 Å². The van der Waals surface area contributed by atoms with Crippen LogP contribution in [0.1, 0.15) is 35.5 Å². The van der Waals surface area contributed by atoms with Gasteiger partial charge in [-0.3, -0.25) is 4.79 Å². The number of nitrogens with one attached hydrogen (secondary N) is 1. The Balaban J connectivity index is 1.59. The van der Waals surface area contributed by atoms with E-state index in [1.54, 1.807) is 10.3 Å². The third-order valence-corrected chi connectivity index (χ3v) is 5.03. The summed E-state index contributed by atoms with van der Waals surface area (Å²) in [7, 11) is 0. The summed E-state index contributed by atoms with van der Waals surface area (Å²) in [6.07, 6.45) is -0.696. The second-order valence-corrected chi connectivity index (χ2v) is 7.75. The fraction of sp³-hybridized carbons (Fsp3) is 0.421. The molecule has 0 spiro atoms. The highest BCUT2D eigenvalue weighted by Gasteiger charge is 2.35. The van der Waals surface area contributed by atoms with E-state index < -0.39 is 6.09 Å². The van der Waals surface area contributed by atoms with Gasteiger partial charge in [-0.1, -0.05) is 23.8 Å². The lowest BCUT2D eigenvalue weighted by Crippen LogP contribution is -2.56. The number of carbonyl (C=O) groups excluding carboxylic acids is 2. The van der Waals surface area contributed by atoms with Crippen molar-refractivity contribution in [3.8, 4) is 10.6 Å². The number of hydrogen-bond donors (Lipinski definition) is 1.